The fraction of sp³-hybridized carbons (Fsp3) is 0.385. The average molecular weight is 595 g/mol. The third kappa shape index (κ3) is 5.93. The number of aromatic amines is 1. The summed E-state index contributed by atoms with van der Waals surface area (Å²) in [5.41, 5.74) is 20.1. The Kier molecular flexibility index (Phi) is 7.54. The molecule has 2 saturated heterocycles. The van der Waals surface area contributed by atoms with E-state index in [9.17, 15) is 13.5 Å². The van der Waals surface area contributed by atoms with E-state index in [-0.39, 0.29) is 29.0 Å². The van der Waals surface area contributed by atoms with Gasteiger partial charge in [-0.3, -0.25) is 9.82 Å². The summed E-state index contributed by atoms with van der Waals surface area (Å²) >= 11 is 0. The minimum atomic E-state index is -3.84. The number of hydrogen-bond donors (Lipinski definition) is 7. The van der Waals surface area contributed by atoms with Gasteiger partial charge in [0.15, 0.2) is 0 Å². The number of aliphatic hydroxyl groups excluding tert-OH is 1. The van der Waals surface area contributed by atoms with Crippen LogP contribution < -0.4 is 37.0 Å². The van der Waals surface area contributed by atoms with Crippen molar-refractivity contribution in [2.75, 3.05) is 46.0 Å². The largest absolute Gasteiger partial charge is 0.391 e. The smallest absolute Gasteiger partial charge is 0.261 e. The third-order valence-electron chi connectivity index (χ3n) is 7.45. The lowest BCUT2D eigenvalue weighted by Crippen LogP contribution is -2.53. The van der Waals surface area contributed by atoms with Crippen LogP contribution in [0, 0.1) is 0 Å². The lowest BCUT2D eigenvalue weighted by atomic mass is 10.0. The second-order valence-electron chi connectivity index (χ2n) is 10.8. The highest BCUT2D eigenvalue weighted by Crippen LogP contribution is 2.28. The van der Waals surface area contributed by atoms with E-state index in [4.69, 9.17) is 22.2 Å². The molecular weight excluding hydrogens is 560 g/mol. The highest BCUT2D eigenvalue weighted by atomic mass is 32.2. The Morgan fingerprint density at radius 2 is 1.67 bits per heavy atom. The summed E-state index contributed by atoms with van der Waals surface area (Å²) in [5.74, 6) is 1.03. The zero-order valence-corrected chi connectivity index (χ0v) is 23.6. The van der Waals surface area contributed by atoms with E-state index in [2.05, 4.69) is 30.2 Å². The molecule has 2 aromatic heterocycles. The molecule has 16 heteroatoms. The second kappa shape index (κ2) is 11.3. The number of nitrogens with one attached hydrogen (secondary N) is 3. The number of anilines is 5. The van der Waals surface area contributed by atoms with Crippen LogP contribution in [0.2, 0.25) is 0 Å². The van der Waals surface area contributed by atoms with Crippen LogP contribution >= 0.6 is 0 Å². The maximum atomic E-state index is 13.0. The number of aliphatic hydroxyl groups is 1. The van der Waals surface area contributed by atoms with Crippen LogP contribution in [-0.2, 0) is 10.0 Å². The molecule has 0 amide bonds. The highest BCUT2D eigenvalue weighted by molar-refractivity contribution is 7.92. The van der Waals surface area contributed by atoms with E-state index in [1.165, 1.54) is 12.1 Å². The summed E-state index contributed by atoms with van der Waals surface area (Å²) in [5, 5.41) is 21.1. The lowest BCUT2D eigenvalue weighted by molar-refractivity contribution is 0.194. The quantitative estimate of drug-likeness (QED) is 0.143. The highest BCUT2D eigenvalue weighted by Gasteiger charge is 2.33. The van der Waals surface area contributed by atoms with Crippen LogP contribution in [0.1, 0.15) is 12.8 Å². The Bertz CT molecular complexity index is 1650. The fourth-order valence-corrected chi connectivity index (χ4v) is 6.49. The van der Waals surface area contributed by atoms with Gasteiger partial charge >= 0.3 is 0 Å². The number of piperidine rings is 1. The molecule has 2 aliphatic rings. The first-order valence-electron chi connectivity index (χ1n) is 13.7. The number of nitrogens with two attached hydrogens (primary N) is 3. The summed E-state index contributed by atoms with van der Waals surface area (Å²) in [6, 6.07) is 11.0. The van der Waals surface area contributed by atoms with E-state index in [1.54, 1.807) is 36.5 Å². The maximum absolute atomic E-state index is 13.0. The van der Waals surface area contributed by atoms with E-state index in [1.807, 2.05) is 9.80 Å². The normalized spacial score (nSPS) is 23.0. The number of hydrogen-bond acceptors (Lipinski definition) is 13. The maximum Gasteiger partial charge on any atom is 0.261 e. The third-order valence-corrected chi connectivity index (χ3v) is 8.84. The van der Waals surface area contributed by atoms with Gasteiger partial charge in [0, 0.05) is 55.4 Å². The van der Waals surface area contributed by atoms with Crippen LogP contribution in [0.5, 0.6) is 0 Å². The zero-order valence-electron chi connectivity index (χ0n) is 22.8. The van der Waals surface area contributed by atoms with Crippen LogP contribution in [-0.4, -0.2) is 89.1 Å². The summed E-state index contributed by atoms with van der Waals surface area (Å²) < 4.78 is 28.7. The molecule has 4 aromatic rings. The molecule has 0 saturated carbocycles. The minimum absolute atomic E-state index is 0.0860. The minimum Gasteiger partial charge on any atom is -0.391 e. The molecule has 0 unspecified atom stereocenters. The summed E-state index contributed by atoms with van der Waals surface area (Å²) in [6.07, 6.45) is 2.34. The number of fused-ring (bicyclic) bond motifs is 1. The van der Waals surface area contributed by atoms with Gasteiger partial charge in [-0.2, -0.15) is 20.1 Å². The number of H-pyrrole nitrogens is 1. The first-order valence-corrected chi connectivity index (χ1v) is 15.1. The van der Waals surface area contributed by atoms with E-state index < -0.39 is 16.1 Å². The zero-order chi connectivity index (χ0) is 29.4. The van der Waals surface area contributed by atoms with Crippen molar-refractivity contribution in [3.8, 4) is 0 Å². The van der Waals surface area contributed by atoms with Gasteiger partial charge in [-0.05, 0) is 55.3 Å². The van der Waals surface area contributed by atoms with Crippen molar-refractivity contribution in [1.82, 2.24) is 25.1 Å². The molecule has 4 heterocycles. The molecule has 0 radical (unpaired) electrons. The summed E-state index contributed by atoms with van der Waals surface area (Å²) in [4.78, 5) is 17.9. The van der Waals surface area contributed by atoms with Crippen molar-refractivity contribution in [2.45, 2.75) is 42.0 Å². The molecule has 42 heavy (non-hydrogen) atoms. The molecule has 10 N–H and O–H groups in total. The number of rotatable bonds is 8. The first-order chi connectivity index (χ1) is 20.2. The van der Waals surface area contributed by atoms with Crippen LogP contribution in [0.3, 0.4) is 0 Å². The standard InChI is InChI=1S/C26H34N12O3S/c27-10-20-9-21(39)14-38(20)26-33-24(32-25(34-26)37-12-16(28)7-17(29)13-37)31-18-3-5-22(6-4-18)42(40,41)36-19-2-1-15-11-30-35-23(15)8-19/h1-6,8,11,16-17,20-21,36,39H,7,9-10,12-14,27-29H2,(H,30,35)(H,31,32,33,34)/t16-,17+,20-,21+/m0/s1. The van der Waals surface area contributed by atoms with Gasteiger partial charge in [0.05, 0.1) is 28.4 Å². The average Bonchev–Trinajstić information content (AvgIpc) is 3.58. The Morgan fingerprint density at radius 3 is 2.40 bits per heavy atom. The van der Waals surface area contributed by atoms with Crippen LogP contribution in [0.25, 0.3) is 10.9 Å². The SMILES string of the molecule is NC[C@@H]1C[C@@H](O)CN1c1nc(Nc2ccc(S(=O)(=O)Nc3ccc4cn[nH]c4c3)cc2)nc(N2C[C@H](N)C[C@H](N)C2)n1. The number of benzene rings is 2. The molecule has 2 aliphatic heterocycles. The lowest BCUT2D eigenvalue weighted by Gasteiger charge is -2.35. The molecule has 0 spiro atoms. The monoisotopic (exact) mass is 594 g/mol. The van der Waals surface area contributed by atoms with E-state index >= 15 is 0 Å². The van der Waals surface area contributed by atoms with Gasteiger partial charge in [-0.1, -0.05) is 0 Å². The van der Waals surface area contributed by atoms with Crippen LogP contribution in [0.4, 0.5) is 29.2 Å². The molecule has 222 valence electrons. The van der Waals surface area contributed by atoms with Crippen molar-refractivity contribution in [1.29, 1.82) is 0 Å². The van der Waals surface area contributed by atoms with Crippen molar-refractivity contribution < 1.29 is 13.5 Å². The Morgan fingerprint density at radius 1 is 0.952 bits per heavy atom. The van der Waals surface area contributed by atoms with Gasteiger partial charge in [-0.25, -0.2) is 8.42 Å². The molecule has 15 nitrogen and oxygen atoms in total. The van der Waals surface area contributed by atoms with E-state index in [0.717, 1.165) is 10.9 Å². The Hall–Kier alpha value is -4.09. The first kappa shape index (κ1) is 28.0. The summed E-state index contributed by atoms with van der Waals surface area (Å²) in [7, 11) is -3.84. The van der Waals surface area contributed by atoms with Gasteiger partial charge in [0.25, 0.3) is 10.0 Å². The van der Waals surface area contributed by atoms with Gasteiger partial charge < -0.3 is 37.4 Å². The molecule has 0 aliphatic carbocycles. The number of β-amino-alcohol motifs (C(OH)–C–C–N with tert-alkyl or cyclic N) is 1. The Balaban J connectivity index is 1.25. The Labute approximate surface area is 242 Å². The molecule has 4 atom stereocenters. The van der Waals surface area contributed by atoms with Crippen molar-refractivity contribution in [3.05, 3.63) is 48.7 Å². The molecule has 2 aromatic carbocycles. The molecule has 2 fully saturated rings. The number of nitrogens with zero attached hydrogens (tertiary/aromatic N) is 6. The topological polar surface area (TPSA) is 230 Å². The second-order valence-corrected chi connectivity index (χ2v) is 12.5. The fourth-order valence-electron chi connectivity index (χ4n) is 5.44. The van der Waals surface area contributed by atoms with Gasteiger partial charge in [-0.15, -0.1) is 0 Å². The van der Waals surface area contributed by atoms with Crippen LogP contribution in [0.15, 0.2) is 53.6 Å². The number of sulfonamides is 1. The predicted octanol–water partition coefficient (Wildman–Crippen LogP) is 0.0553. The van der Waals surface area contributed by atoms with E-state index in [0.29, 0.717) is 62.3 Å². The van der Waals surface area contributed by atoms with Crippen molar-refractivity contribution in [2.24, 2.45) is 17.2 Å². The molecule has 6 rings (SSSR count). The predicted molar refractivity (Wildman–Crippen MR) is 160 cm³/mol. The van der Waals surface area contributed by atoms with Gasteiger partial charge in [0.2, 0.25) is 17.8 Å². The summed E-state index contributed by atoms with van der Waals surface area (Å²) in [6.45, 7) is 1.75. The van der Waals surface area contributed by atoms with Gasteiger partial charge in [0.1, 0.15) is 0 Å². The molecular formula is C26H34N12O3S. The van der Waals surface area contributed by atoms with Crippen molar-refractivity contribution in [3.63, 3.8) is 0 Å². The number of aromatic nitrogens is 5. The molecule has 0 bridgehead atoms. The van der Waals surface area contributed by atoms with Crippen molar-refractivity contribution >= 4 is 50.1 Å².